The summed E-state index contributed by atoms with van der Waals surface area (Å²) in [6.07, 6.45) is 3.49. The smallest absolute Gasteiger partial charge is 0.249 e. The summed E-state index contributed by atoms with van der Waals surface area (Å²) in [5.74, 6) is -0.435. The highest BCUT2D eigenvalue weighted by Crippen LogP contribution is 2.28. The first-order valence-electron chi connectivity index (χ1n) is 6.00. The van der Waals surface area contributed by atoms with Crippen LogP contribution >= 0.6 is 0 Å². The number of benzene rings is 1. The summed E-state index contributed by atoms with van der Waals surface area (Å²) in [7, 11) is 0. The van der Waals surface area contributed by atoms with Crippen LogP contribution in [-0.4, -0.2) is 15.9 Å². The first kappa shape index (κ1) is 11.5. The van der Waals surface area contributed by atoms with Crippen LogP contribution in [0.1, 0.15) is 16.1 Å². The van der Waals surface area contributed by atoms with Gasteiger partial charge in [-0.15, -0.1) is 0 Å². The molecule has 0 fully saturated rings. The molecule has 0 aliphatic rings. The fraction of sp³-hybridized carbons (Fsp3) is 0.0667. The number of H-pyrrole nitrogens is 1. The largest absolute Gasteiger partial charge is 0.366 e. The Bertz CT molecular complexity index is 774. The second kappa shape index (κ2) is 4.24. The van der Waals surface area contributed by atoms with Crippen LogP contribution in [0, 0.1) is 6.92 Å². The molecule has 19 heavy (non-hydrogen) atoms. The summed E-state index contributed by atoms with van der Waals surface area (Å²) in [4.78, 5) is 18.9. The number of amides is 1. The van der Waals surface area contributed by atoms with Crippen LogP contribution in [-0.2, 0) is 0 Å². The average Bonchev–Trinajstić information content (AvgIpc) is 2.85. The highest BCUT2D eigenvalue weighted by Gasteiger charge is 2.13. The van der Waals surface area contributed by atoms with Crippen molar-refractivity contribution in [3.63, 3.8) is 0 Å². The van der Waals surface area contributed by atoms with E-state index in [1.807, 2.05) is 37.4 Å². The van der Waals surface area contributed by atoms with Crippen LogP contribution in [0.25, 0.3) is 22.0 Å². The Kier molecular flexibility index (Phi) is 2.56. The zero-order chi connectivity index (χ0) is 13.4. The number of pyridine rings is 1. The van der Waals surface area contributed by atoms with Gasteiger partial charge >= 0.3 is 0 Å². The van der Waals surface area contributed by atoms with E-state index in [2.05, 4.69) is 9.97 Å². The normalized spacial score (nSPS) is 10.8. The third-order valence-corrected chi connectivity index (χ3v) is 3.25. The Morgan fingerprint density at radius 3 is 2.89 bits per heavy atom. The maximum absolute atomic E-state index is 11.5. The minimum atomic E-state index is -0.435. The van der Waals surface area contributed by atoms with Gasteiger partial charge in [-0.3, -0.25) is 9.78 Å². The van der Waals surface area contributed by atoms with Crippen LogP contribution in [0.15, 0.2) is 42.7 Å². The molecule has 0 saturated heterocycles. The maximum Gasteiger partial charge on any atom is 0.249 e. The number of nitrogens with one attached hydrogen (secondary N) is 1. The van der Waals surface area contributed by atoms with Gasteiger partial charge in [0.05, 0.1) is 5.56 Å². The van der Waals surface area contributed by atoms with Gasteiger partial charge < -0.3 is 10.7 Å². The number of rotatable bonds is 2. The lowest BCUT2D eigenvalue weighted by molar-refractivity contribution is 0.100. The van der Waals surface area contributed by atoms with E-state index in [4.69, 9.17) is 5.73 Å². The zero-order valence-corrected chi connectivity index (χ0v) is 10.5. The molecule has 0 unspecified atom stereocenters. The maximum atomic E-state index is 11.5. The molecule has 0 atom stereocenters. The third-order valence-electron chi connectivity index (χ3n) is 3.25. The quantitative estimate of drug-likeness (QED) is 0.735. The molecule has 0 saturated carbocycles. The minimum Gasteiger partial charge on any atom is -0.366 e. The van der Waals surface area contributed by atoms with Crippen LogP contribution in [0.2, 0.25) is 0 Å². The molecule has 4 heteroatoms. The van der Waals surface area contributed by atoms with Crippen molar-refractivity contribution in [1.82, 2.24) is 9.97 Å². The van der Waals surface area contributed by atoms with E-state index >= 15 is 0 Å². The Balaban J connectivity index is 2.28. The van der Waals surface area contributed by atoms with Crippen LogP contribution in [0.3, 0.4) is 0 Å². The Morgan fingerprint density at radius 1 is 1.26 bits per heavy atom. The molecule has 0 bridgehead atoms. The molecular weight excluding hydrogens is 238 g/mol. The Morgan fingerprint density at radius 2 is 2.11 bits per heavy atom. The summed E-state index contributed by atoms with van der Waals surface area (Å²) >= 11 is 0. The zero-order valence-electron chi connectivity index (χ0n) is 10.5. The van der Waals surface area contributed by atoms with E-state index in [1.165, 1.54) is 0 Å². The third kappa shape index (κ3) is 1.87. The van der Waals surface area contributed by atoms with Gasteiger partial charge in [0, 0.05) is 29.2 Å². The second-order valence-electron chi connectivity index (χ2n) is 4.46. The van der Waals surface area contributed by atoms with E-state index < -0.39 is 5.91 Å². The molecule has 3 N–H and O–H groups in total. The van der Waals surface area contributed by atoms with Gasteiger partial charge in [-0.2, -0.15) is 0 Å². The molecule has 1 amide bonds. The van der Waals surface area contributed by atoms with Crippen molar-refractivity contribution >= 4 is 16.8 Å². The van der Waals surface area contributed by atoms with Gasteiger partial charge in [0.15, 0.2) is 0 Å². The molecule has 94 valence electrons. The molecule has 0 radical (unpaired) electrons. The van der Waals surface area contributed by atoms with E-state index in [1.54, 1.807) is 12.3 Å². The number of hydrogen-bond acceptors (Lipinski definition) is 2. The molecule has 2 aromatic heterocycles. The van der Waals surface area contributed by atoms with Crippen molar-refractivity contribution in [3.8, 4) is 11.1 Å². The van der Waals surface area contributed by atoms with Crippen molar-refractivity contribution in [2.75, 3.05) is 0 Å². The number of carbonyl (C=O) groups is 1. The monoisotopic (exact) mass is 251 g/mol. The first-order valence-corrected chi connectivity index (χ1v) is 6.00. The van der Waals surface area contributed by atoms with Crippen LogP contribution < -0.4 is 5.73 Å². The number of aromatic amines is 1. The SMILES string of the molecule is Cc1nccc(C(N)=O)c1-c1ccc2[nH]ccc2c1. The molecular formula is C15H13N3O. The fourth-order valence-electron chi connectivity index (χ4n) is 2.34. The Labute approximate surface area is 110 Å². The number of primary amides is 1. The molecule has 1 aromatic carbocycles. The molecule has 2 heterocycles. The number of aryl methyl sites for hydroxylation is 1. The highest BCUT2D eigenvalue weighted by molar-refractivity contribution is 6.01. The number of aromatic nitrogens is 2. The summed E-state index contributed by atoms with van der Waals surface area (Å²) in [5.41, 5.74) is 9.56. The summed E-state index contributed by atoms with van der Waals surface area (Å²) in [5, 5.41) is 1.09. The lowest BCUT2D eigenvalue weighted by Gasteiger charge is -2.10. The van der Waals surface area contributed by atoms with E-state index in [-0.39, 0.29) is 0 Å². The van der Waals surface area contributed by atoms with E-state index in [0.717, 1.165) is 27.7 Å². The van der Waals surface area contributed by atoms with Gasteiger partial charge in [0.25, 0.3) is 0 Å². The predicted octanol–water partition coefficient (Wildman–Crippen LogP) is 2.64. The van der Waals surface area contributed by atoms with Crippen molar-refractivity contribution in [1.29, 1.82) is 0 Å². The summed E-state index contributed by atoms with van der Waals surface area (Å²) in [6, 6.07) is 9.64. The predicted molar refractivity (Wildman–Crippen MR) is 74.8 cm³/mol. The average molecular weight is 251 g/mol. The summed E-state index contributed by atoms with van der Waals surface area (Å²) < 4.78 is 0. The topological polar surface area (TPSA) is 71.8 Å². The lowest BCUT2D eigenvalue weighted by Crippen LogP contribution is -2.13. The standard InChI is InChI=1S/C15H13N3O/c1-9-14(12(15(16)19)5-7-17-9)11-2-3-13-10(8-11)4-6-18-13/h2-8,18H,1H3,(H2,16,19). The summed E-state index contributed by atoms with van der Waals surface area (Å²) in [6.45, 7) is 1.88. The van der Waals surface area contributed by atoms with Crippen molar-refractivity contribution in [2.45, 2.75) is 6.92 Å². The molecule has 3 rings (SSSR count). The van der Waals surface area contributed by atoms with Gasteiger partial charge in [0.1, 0.15) is 0 Å². The van der Waals surface area contributed by atoms with Gasteiger partial charge in [-0.25, -0.2) is 0 Å². The number of hydrogen-bond donors (Lipinski definition) is 2. The molecule has 0 spiro atoms. The first-order chi connectivity index (χ1) is 9.16. The minimum absolute atomic E-state index is 0.435. The number of nitrogens with zero attached hydrogens (tertiary/aromatic N) is 1. The van der Waals surface area contributed by atoms with Crippen LogP contribution in [0.4, 0.5) is 0 Å². The number of carbonyl (C=O) groups excluding carboxylic acids is 1. The Hall–Kier alpha value is -2.62. The fourth-order valence-corrected chi connectivity index (χ4v) is 2.34. The molecule has 4 nitrogen and oxygen atoms in total. The van der Waals surface area contributed by atoms with Gasteiger partial charge in [-0.1, -0.05) is 6.07 Å². The van der Waals surface area contributed by atoms with Crippen molar-refractivity contribution < 1.29 is 4.79 Å². The van der Waals surface area contributed by atoms with Crippen molar-refractivity contribution in [3.05, 3.63) is 54.0 Å². The van der Waals surface area contributed by atoms with Gasteiger partial charge in [-0.05, 0) is 42.1 Å². The van der Waals surface area contributed by atoms with Crippen LogP contribution in [0.5, 0.6) is 0 Å². The van der Waals surface area contributed by atoms with E-state index in [9.17, 15) is 4.79 Å². The van der Waals surface area contributed by atoms with Crippen molar-refractivity contribution in [2.24, 2.45) is 5.73 Å². The molecule has 3 aromatic rings. The molecule has 0 aliphatic carbocycles. The second-order valence-corrected chi connectivity index (χ2v) is 4.46. The number of nitrogens with two attached hydrogens (primary N) is 1. The van der Waals surface area contributed by atoms with Gasteiger partial charge in [0.2, 0.25) is 5.91 Å². The number of fused-ring (bicyclic) bond motifs is 1. The molecule has 0 aliphatic heterocycles. The lowest BCUT2D eigenvalue weighted by atomic mass is 9.97. The van der Waals surface area contributed by atoms with E-state index in [0.29, 0.717) is 5.56 Å². The highest BCUT2D eigenvalue weighted by atomic mass is 16.1.